The molecule has 0 radical (unpaired) electrons. The number of hydrogen-bond acceptors (Lipinski definition) is 4. The first kappa shape index (κ1) is 21.6. The molecule has 1 N–H and O–H groups in total. The topological polar surface area (TPSA) is 56.8 Å². The Kier molecular flexibility index (Phi) is 8.18. The van der Waals surface area contributed by atoms with Gasteiger partial charge in [0.1, 0.15) is 5.75 Å². The first-order valence-electron chi connectivity index (χ1n) is 9.88. The normalized spacial score (nSPS) is 11.6. The van der Waals surface area contributed by atoms with Crippen molar-refractivity contribution in [1.29, 1.82) is 0 Å². The highest BCUT2D eigenvalue weighted by Gasteiger charge is 2.19. The number of rotatable bonds is 10. The molecule has 5 nitrogen and oxygen atoms in total. The van der Waals surface area contributed by atoms with Crippen LogP contribution in [0.15, 0.2) is 36.4 Å². The van der Waals surface area contributed by atoms with E-state index in [1.54, 1.807) is 0 Å². The van der Waals surface area contributed by atoms with Gasteiger partial charge in [-0.1, -0.05) is 25.1 Å². The number of hydrogen-bond donors (Lipinski definition) is 1. The maximum absolute atomic E-state index is 12.6. The third-order valence-electron chi connectivity index (χ3n) is 4.35. The number of aryl methyl sites for hydroxylation is 2. The molecule has 0 saturated carbocycles. The number of nitrogens with one attached hydrogen (secondary N) is 1. The lowest BCUT2D eigenvalue weighted by atomic mass is 10.1. The van der Waals surface area contributed by atoms with Crippen molar-refractivity contribution in [2.45, 2.75) is 53.7 Å². The molecule has 28 heavy (non-hydrogen) atoms. The zero-order valence-electron chi connectivity index (χ0n) is 17.5. The van der Waals surface area contributed by atoms with Crippen LogP contribution >= 0.6 is 0 Å². The number of amides is 1. The fourth-order valence-electron chi connectivity index (χ4n) is 2.82. The van der Waals surface area contributed by atoms with Crippen LogP contribution in [0.2, 0.25) is 0 Å². The predicted octanol–water partition coefficient (Wildman–Crippen LogP) is 4.57. The molecule has 5 heteroatoms. The highest BCUT2D eigenvalue weighted by Crippen LogP contribution is 2.28. The molecule has 0 aliphatic heterocycles. The van der Waals surface area contributed by atoms with Crippen molar-refractivity contribution in [3.8, 4) is 17.2 Å². The van der Waals surface area contributed by atoms with E-state index in [1.165, 1.54) is 0 Å². The highest BCUT2D eigenvalue weighted by atomic mass is 16.5. The summed E-state index contributed by atoms with van der Waals surface area (Å²) in [5.41, 5.74) is 3.07. The van der Waals surface area contributed by atoms with Gasteiger partial charge in [0, 0.05) is 6.54 Å². The molecule has 0 aliphatic rings. The Labute approximate surface area is 168 Å². The smallest absolute Gasteiger partial charge is 0.261 e. The van der Waals surface area contributed by atoms with Gasteiger partial charge in [0.05, 0.1) is 13.2 Å². The van der Waals surface area contributed by atoms with Crippen LogP contribution in [0, 0.1) is 13.8 Å². The molecule has 2 rings (SSSR count). The average Bonchev–Trinajstić information content (AvgIpc) is 2.68. The average molecular weight is 386 g/mol. The van der Waals surface area contributed by atoms with Crippen LogP contribution in [-0.2, 0) is 11.3 Å². The van der Waals surface area contributed by atoms with E-state index < -0.39 is 6.10 Å². The lowest BCUT2D eigenvalue weighted by Gasteiger charge is -2.19. The lowest BCUT2D eigenvalue weighted by molar-refractivity contribution is -0.128. The molecule has 0 aromatic heterocycles. The Bertz CT molecular complexity index is 788. The molecule has 0 spiro atoms. The van der Waals surface area contributed by atoms with E-state index in [1.807, 2.05) is 71.0 Å². The van der Waals surface area contributed by atoms with E-state index in [0.29, 0.717) is 37.7 Å². The summed E-state index contributed by atoms with van der Waals surface area (Å²) in [6, 6.07) is 11.7. The Morgan fingerprint density at radius 1 is 0.929 bits per heavy atom. The molecule has 0 saturated heterocycles. The van der Waals surface area contributed by atoms with Crippen molar-refractivity contribution < 1.29 is 19.0 Å². The largest absolute Gasteiger partial charge is 0.490 e. The molecule has 2 aromatic carbocycles. The third-order valence-corrected chi connectivity index (χ3v) is 4.35. The van der Waals surface area contributed by atoms with Gasteiger partial charge in [0.15, 0.2) is 17.6 Å². The van der Waals surface area contributed by atoms with E-state index in [-0.39, 0.29) is 5.91 Å². The Balaban J connectivity index is 2.03. The fraction of sp³-hybridized carbons (Fsp3) is 0.435. The molecule has 0 aliphatic carbocycles. The quantitative estimate of drug-likeness (QED) is 0.651. The van der Waals surface area contributed by atoms with Crippen molar-refractivity contribution in [1.82, 2.24) is 5.32 Å². The molecule has 1 atom stereocenters. The van der Waals surface area contributed by atoms with Crippen molar-refractivity contribution in [2.75, 3.05) is 13.2 Å². The minimum Gasteiger partial charge on any atom is -0.490 e. The van der Waals surface area contributed by atoms with Crippen LogP contribution in [0.3, 0.4) is 0 Å². The number of benzene rings is 2. The Hall–Kier alpha value is -2.69. The van der Waals surface area contributed by atoms with Gasteiger partial charge in [0.25, 0.3) is 5.91 Å². The van der Waals surface area contributed by atoms with Gasteiger partial charge in [0.2, 0.25) is 0 Å². The van der Waals surface area contributed by atoms with Gasteiger partial charge in [-0.2, -0.15) is 0 Å². The summed E-state index contributed by atoms with van der Waals surface area (Å²) in [5, 5.41) is 2.96. The second kappa shape index (κ2) is 10.6. The minimum atomic E-state index is -0.533. The second-order valence-electron chi connectivity index (χ2n) is 6.65. The van der Waals surface area contributed by atoms with Gasteiger partial charge in [-0.3, -0.25) is 4.79 Å². The molecule has 152 valence electrons. The van der Waals surface area contributed by atoms with Crippen molar-refractivity contribution in [3.63, 3.8) is 0 Å². The Morgan fingerprint density at radius 3 is 2.32 bits per heavy atom. The maximum atomic E-state index is 12.6. The summed E-state index contributed by atoms with van der Waals surface area (Å²) in [6.07, 6.45) is 0.0572. The predicted molar refractivity (Wildman–Crippen MR) is 111 cm³/mol. The van der Waals surface area contributed by atoms with Crippen LogP contribution < -0.4 is 19.5 Å². The molecule has 0 heterocycles. The van der Waals surface area contributed by atoms with Crippen LogP contribution in [0.5, 0.6) is 17.2 Å². The van der Waals surface area contributed by atoms with E-state index in [2.05, 4.69) is 5.32 Å². The highest BCUT2D eigenvalue weighted by molar-refractivity contribution is 5.81. The molecular formula is C23H31NO4. The summed E-state index contributed by atoms with van der Waals surface area (Å²) in [6.45, 7) is 11.3. The number of carbonyl (C=O) groups excluding carboxylic acids is 1. The van der Waals surface area contributed by atoms with E-state index in [4.69, 9.17) is 14.2 Å². The second-order valence-corrected chi connectivity index (χ2v) is 6.65. The van der Waals surface area contributed by atoms with Crippen molar-refractivity contribution >= 4 is 5.91 Å². The molecule has 0 bridgehead atoms. The van der Waals surface area contributed by atoms with E-state index >= 15 is 0 Å². The van der Waals surface area contributed by atoms with Gasteiger partial charge >= 0.3 is 0 Å². The van der Waals surface area contributed by atoms with E-state index in [9.17, 15) is 4.79 Å². The molecular weight excluding hydrogens is 354 g/mol. The van der Waals surface area contributed by atoms with Crippen LogP contribution in [-0.4, -0.2) is 25.2 Å². The SMILES string of the molecule is CCOc1ccc(CNC(=O)[C@@H](CC)Oc2cc(C)ccc2C)cc1OCC. The van der Waals surface area contributed by atoms with Gasteiger partial charge in [-0.15, -0.1) is 0 Å². The standard InChI is InChI=1S/C23H31NO4/c1-6-19(28-21-13-16(4)9-10-17(21)5)23(25)24-15-18-11-12-20(26-7-2)22(14-18)27-8-3/h9-14,19H,6-8,15H2,1-5H3,(H,24,25)/t19-/m1/s1. The molecule has 1 amide bonds. The summed E-state index contributed by atoms with van der Waals surface area (Å²) < 4.78 is 17.2. The summed E-state index contributed by atoms with van der Waals surface area (Å²) in [7, 11) is 0. The summed E-state index contributed by atoms with van der Waals surface area (Å²) >= 11 is 0. The van der Waals surface area contributed by atoms with Crippen LogP contribution in [0.4, 0.5) is 0 Å². The first-order valence-corrected chi connectivity index (χ1v) is 9.88. The van der Waals surface area contributed by atoms with Gasteiger partial charge < -0.3 is 19.5 Å². The number of ether oxygens (including phenoxy) is 3. The van der Waals surface area contributed by atoms with Crippen LogP contribution in [0.1, 0.15) is 43.9 Å². The van der Waals surface area contributed by atoms with Gasteiger partial charge in [-0.05, 0) is 69.0 Å². The fourth-order valence-corrected chi connectivity index (χ4v) is 2.82. The monoisotopic (exact) mass is 385 g/mol. The van der Waals surface area contributed by atoms with Gasteiger partial charge in [-0.25, -0.2) is 0 Å². The zero-order valence-corrected chi connectivity index (χ0v) is 17.5. The third kappa shape index (κ3) is 5.91. The number of carbonyl (C=O) groups is 1. The lowest BCUT2D eigenvalue weighted by Crippen LogP contribution is -2.37. The maximum Gasteiger partial charge on any atom is 0.261 e. The molecule has 0 unspecified atom stereocenters. The molecule has 0 fully saturated rings. The van der Waals surface area contributed by atoms with E-state index in [0.717, 1.165) is 22.4 Å². The summed E-state index contributed by atoms with van der Waals surface area (Å²) in [4.78, 5) is 12.6. The van der Waals surface area contributed by atoms with Crippen LogP contribution in [0.25, 0.3) is 0 Å². The Morgan fingerprint density at radius 2 is 1.64 bits per heavy atom. The van der Waals surface area contributed by atoms with Crippen molar-refractivity contribution in [2.24, 2.45) is 0 Å². The zero-order chi connectivity index (χ0) is 20.5. The summed E-state index contributed by atoms with van der Waals surface area (Å²) in [5.74, 6) is 2.02. The first-order chi connectivity index (χ1) is 13.5. The molecule has 2 aromatic rings. The minimum absolute atomic E-state index is 0.129. The van der Waals surface area contributed by atoms with Crippen molar-refractivity contribution in [3.05, 3.63) is 53.1 Å².